The first-order chi connectivity index (χ1) is 16.6. The van der Waals surface area contributed by atoms with E-state index in [-0.39, 0.29) is 31.2 Å². The number of hydrogen-bond donors (Lipinski definition) is 1. The molecule has 0 bridgehead atoms. The maximum Gasteiger partial charge on any atom is 0.267 e. The third-order valence-electron chi connectivity index (χ3n) is 5.52. The number of rotatable bonds is 9. The highest BCUT2D eigenvalue weighted by atomic mass is 16.5. The summed E-state index contributed by atoms with van der Waals surface area (Å²) < 4.78 is 12.2. The smallest absolute Gasteiger partial charge is 0.267 e. The molecule has 1 amide bonds. The van der Waals surface area contributed by atoms with E-state index in [1.54, 1.807) is 13.2 Å². The number of methoxy groups -OCH3 is 1. The fraction of sp³-hybridized carbons (Fsp3) is 0.375. The maximum atomic E-state index is 12.4. The Hall–Kier alpha value is -3.95. The second-order valence-corrected chi connectivity index (χ2v) is 7.88. The normalized spacial score (nSPS) is 13.4. The molecule has 1 aromatic carbocycles. The highest BCUT2D eigenvalue weighted by molar-refractivity contribution is 5.75. The van der Waals surface area contributed by atoms with Crippen LogP contribution < -0.4 is 25.2 Å². The number of amides is 1. The standard InChI is InChI=1S/C24H28N6O4/c1-33-20-8-4-3-7-18(20)19-9-10-24(32)30(28-19)16-22(31)25-11-14-34-23-15-21(26-17-27-23)29-12-5-2-6-13-29/h3-4,7-10,15,17H,2,5-6,11-14,16H2,1H3,(H,25,31). The van der Waals surface area contributed by atoms with Crippen molar-refractivity contribution in [2.24, 2.45) is 0 Å². The Morgan fingerprint density at radius 1 is 1.09 bits per heavy atom. The molecule has 1 N–H and O–H groups in total. The van der Waals surface area contributed by atoms with Crippen molar-refractivity contribution >= 4 is 11.7 Å². The molecule has 3 aromatic rings. The molecule has 0 aliphatic carbocycles. The van der Waals surface area contributed by atoms with Gasteiger partial charge in [0.1, 0.15) is 31.0 Å². The van der Waals surface area contributed by atoms with Gasteiger partial charge in [-0.2, -0.15) is 5.10 Å². The number of aromatic nitrogens is 4. The van der Waals surface area contributed by atoms with E-state index in [1.807, 2.05) is 30.3 Å². The van der Waals surface area contributed by atoms with Crippen LogP contribution in [0.15, 0.2) is 53.6 Å². The lowest BCUT2D eigenvalue weighted by atomic mass is 10.1. The molecule has 0 spiro atoms. The highest BCUT2D eigenvalue weighted by Gasteiger charge is 2.14. The van der Waals surface area contributed by atoms with Crippen LogP contribution in [0.25, 0.3) is 11.3 Å². The number of carbonyl (C=O) groups is 1. The van der Waals surface area contributed by atoms with Crippen LogP contribution in [0, 0.1) is 0 Å². The summed E-state index contributed by atoms with van der Waals surface area (Å²) in [7, 11) is 1.57. The van der Waals surface area contributed by atoms with Crippen molar-refractivity contribution in [3.05, 3.63) is 59.1 Å². The van der Waals surface area contributed by atoms with Crippen LogP contribution in [0.1, 0.15) is 19.3 Å². The molecule has 1 aliphatic rings. The summed E-state index contributed by atoms with van der Waals surface area (Å²) in [5.74, 6) is 1.61. The van der Waals surface area contributed by atoms with Crippen LogP contribution in [0.3, 0.4) is 0 Å². The molecule has 0 unspecified atom stereocenters. The van der Waals surface area contributed by atoms with E-state index in [1.165, 1.54) is 18.8 Å². The van der Waals surface area contributed by atoms with Crippen LogP contribution >= 0.6 is 0 Å². The van der Waals surface area contributed by atoms with Crippen molar-refractivity contribution in [2.75, 3.05) is 38.3 Å². The maximum absolute atomic E-state index is 12.4. The molecule has 0 atom stereocenters. The monoisotopic (exact) mass is 464 g/mol. The summed E-state index contributed by atoms with van der Waals surface area (Å²) in [4.78, 5) is 35.3. The van der Waals surface area contributed by atoms with E-state index >= 15 is 0 Å². The Morgan fingerprint density at radius 2 is 1.91 bits per heavy atom. The van der Waals surface area contributed by atoms with Crippen molar-refractivity contribution in [1.29, 1.82) is 0 Å². The van der Waals surface area contributed by atoms with Crippen molar-refractivity contribution < 1.29 is 14.3 Å². The first kappa shape index (κ1) is 23.2. The summed E-state index contributed by atoms with van der Waals surface area (Å²) >= 11 is 0. The van der Waals surface area contributed by atoms with Gasteiger partial charge in [-0.3, -0.25) is 9.59 Å². The van der Waals surface area contributed by atoms with Gasteiger partial charge in [-0.05, 0) is 37.5 Å². The zero-order valence-electron chi connectivity index (χ0n) is 19.1. The molecule has 0 saturated carbocycles. The number of nitrogens with one attached hydrogen (secondary N) is 1. The average Bonchev–Trinajstić information content (AvgIpc) is 2.88. The van der Waals surface area contributed by atoms with Crippen molar-refractivity contribution in [1.82, 2.24) is 25.1 Å². The molecular formula is C24H28N6O4. The zero-order chi connectivity index (χ0) is 23.8. The minimum Gasteiger partial charge on any atom is -0.496 e. The van der Waals surface area contributed by atoms with E-state index in [2.05, 4.69) is 25.3 Å². The molecule has 4 rings (SSSR count). The molecule has 1 fully saturated rings. The summed E-state index contributed by atoms with van der Waals surface area (Å²) in [6, 6.07) is 12.2. The number of piperidine rings is 1. The number of carbonyl (C=O) groups excluding carboxylic acids is 1. The lowest BCUT2D eigenvalue weighted by molar-refractivity contribution is -0.122. The van der Waals surface area contributed by atoms with E-state index in [0.717, 1.165) is 42.0 Å². The third-order valence-corrected chi connectivity index (χ3v) is 5.52. The van der Waals surface area contributed by atoms with Gasteiger partial charge in [0.25, 0.3) is 5.56 Å². The van der Waals surface area contributed by atoms with Crippen LogP contribution in [0.2, 0.25) is 0 Å². The van der Waals surface area contributed by atoms with E-state index in [9.17, 15) is 9.59 Å². The molecule has 178 valence electrons. The predicted octanol–water partition coefficient (Wildman–Crippen LogP) is 1.89. The molecule has 2 aromatic heterocycles. The highest BCUT2D eigenvalue weighted by Crippen LogP contribution is 2.27. The number of nitrogens with zero attached hydrogens (tertiary/aromatic N) is 5. The minimum absolute atomic E-state index is 0.200. The van der Waals surface area contributed by atoms with Gasteiger partial charge >= 0.3 is 0 Å². The van der Waals surface area contributed by atoms with Gasteiger partial charge in [-0.15, -0.1) is 0 Å². The largest absolute Gasteiger partial charge is 0.496 e. The first-order valence-corrected chi connectivity index (χ1v) is 11.3. The molecule has 3 heterocycles. The molecule has 0 radical (unpaired) electrons. The summed E-state index contributed by atoms with van der Waals surface area (Å²) in [5.41, 5.74) is 0.916. The quantitative estimate of drug-likeness (QED) is 0.478. The Morgan fingerprint density at radius 3 is 2.74 bits per heavy atom. The number of anilines is 1. The van der Waals surface area contributed by atoms with Crippen LogP contribution in [0.4, 0.5) is 5.82 Å². The van der Waals surface area contributed by atoms with Gasteiger partial charge in [0.15, 0.2) is 0 Å². The van der Waals surface area contributed by atoms with Crippen molar-refractivity contribution in [3.63, 3.8) is 0 Å². The van der Waals surface area contributed by atoms with Gasteiger partial charge in [-0.25, -0.2) is 14.6 Å². The van der Waals surface area contributed by atoms with Gasteiger partial charge in [0.05, 0.1) is 19.3 Å². The van der Waals surface area contributed by atoms with E-state index < -0.39 is 0 Å². The van der Waals surface area contributed by atoms with Crippen LogP contribution in [-0.4, -0.2) is 59.0 Å². The fourth-order valence-electron chi connectivity index (χ4n) is 3.80. The lowest BCUT2D eigenvalue weighted by Gasteiger charge is -2.27. The summed E-state index contributed by atoms with van der Waals surface area (Å²) in [5, 5.41) is 7.08. The predicted molar refractivity (Wildman–Crippen MR) is 127 cm³/mol. The van der Waals surface area contributed by atoms with Gasteiger partial charge in [0, 0.05) is 30.8 Å². The second kappa shape index (κ2) is 11.3. The Kier molecular flexibility index (Phi) is 7.69. The average molecular weight is 465 g/mol. The molecular weight excluding hydrogens is 436 g/mol. The summed E-state index contributed by atoms with van der Waals surface area (Å²) in [6.07, 6.45) is 5.06. The van der Waals surface area contributed by atoms with Gasteiger partial charge < -0.3 is 19.7 Å². The zero-order valence-corrected chi connectivity index (χ0v) is 19.1. The SMILES string of the molecule is COc1ccccc1-c1ccc(=O)n(CC(=O)NCCOc2cc(N3CCCCC3)ncn2)n1. The third kappa shape index (κ3) is 5.89. The molecule has 1 saturated heterocycles. The van der Waals surface area contributed by atoms with E-state index in [0.29, 0.717) is 17.3 Å². The number of benzene rings is 1. The minimum atomic E-state index is -0.365. The Labute approximate surface area is 197 Å². The number of para-hydroxylation sites is 1. The van der Waals surface area contributed by atoms with E-state index in [4.69, 9.17) is 9.47 Å². The molecule has 34 heavy (non-hydrogen) atoms. The topological polar surface area (TPSA) is 111 Å². The lowest BCUT2D eigenvalue weighted by Crippen LogP contribution is -2.35. The molecule has 10 heteroatoms. The molecule has 10 nitrogen and oxygen atoms in total. The summed E-state index contributed by atoms with van der Waals surface area (Å²) in [6.45, 7) is 2.28. The Balaban J connectivity index is 1.30. The van der Waals surface area contributed by atoms with Crippen LogP contribution in [0.5, 0.6) is 11.6 Å². The van der Waals surface area contributed by atoms with Crippen molar-refractivity contribution in [2.45, 2.75) is 25.8 Å². The van der Waals surface area contributed by atoms with Crippen molar-refractivity contribution in [3.8, 4) is 22.9 Å². The Bertz CT molecular complexity index is 1180. The fourth-order valence-corrected chi connectivity index (χ4v) is 3.80. The second-order valence-electron chi connectivity index (χ2n) is 7.88. The van der Waals surface area contributed by atoms with Crippen LogP contribution in [-0.2, 0) is 11.3 Å². The van der Waals surface area contributed by atoms with Gasteiger partial charge in [0.2, 0.25) is 11.8 Å². The van der Waals surface area contributed by atoms with Gasteiger partial charge in [-0.1, -0.05) is 12.1 Å². The molecule has 1 aliphatic heterocycles. The number of hydrogen-bond acceptors (Lipinski definition) is 8. The first-order valence-electron chi connectivity index (χ1n) is 11.3. The number of ether oxygens (including phenoxy) is 2.